The number of amides is 2. The molecule has 9 nitrogen and oxygen atoms in total. The van der Waals surface area contributed by atoms with Crippen LogP contribution in [0.15, 0.2) is 12.4 Å². The lowest BCUT2D eigenvalue weighted by Crippen LogP contribution is -2.49. The van der Waals surface area contributed by atoms with Crippen LogP contribution in [0.4, 0.5) is 10.7 Å². The van der Waals surface area contributed by atoms with Crippen LogP contribution < -0.4 is 10.6 Å². The molecule has 9 heteroatoms. The van der Waals surface area contributed by atoms with Gasteiger partial charge in [0.05, 0.1) is 18.5 Å². The molecule has 1 aromatic rings. The fourth-order valence-electron chi connectivity index (χ4n) is 0.972. The third-order valence-electron chi connectivity index (χ3n) is 1.74. The average molecular weight is 241 g/mol. The summed E-state index contributed by atoms with van der Waals surface area (Å²) in [6.07, 6.45) is 1.40. The Hall–Kier alpha value is -2.29. The van der Waals surface area contributed by atoms with Gasteiger partial charge in [-0.1, -0.05) is 0 Å². The smallest absolute Gasteiger partial charge is 0.328 e. The molecule has 2 atom stereocenters. The van der Waals surface area contributed by atoms with Gasteiger partial charge in [-0.3, -0.25) is 5.32 Å². The quantitative estimate of drug-likeness (QED) is 0.521. The van der Waals surface area contributed by atoms with Crippen molar-refractivity contribution in [1.29, 1.82) is 0 Å². The molecule has 4 N–H and O–H groups in total. The van der Waals surface area contributed by atoms with Crippen molar-refractivity contribution in [1.82, 2.24) is 20.5 Å². The second kappa shape index (κ2) is 5.70. The van der Waals surface area contributed by atoms with E-state index in [0.29, 0.717) is 0 Å². The summed E-state index contributed by atoms with van der Waals surface area (Å²) >= 11 is 0. The van der Waals surface area contributed by atoms with Crippen molar-refractivity contribution in [2.75, 3.05) is 5.32 Å². The highest BCUT2D eigenvalue weighted by atomic mass is 16.4. The van der Waals surface area contributed by atoms with Gasteiger partial charge in [0.15, 0.2) is 6.04 Å². The van der Waals surface area contributed by atoms with E-state index in [4.69, 9.17) is 10.2 Å². The summed E-state index contributed by atoms with van der Waals surface area (Å²) < 4.78 is 0. The van der Waals surface area contributed by atoms with Gasteiger partial charge < -0.3 is 15.5 Å². The maximum absolute atomic E-state index is 11.3. The largest absolute Gasteiger partial charge is 0.480 e. The van der Waals surface area contributed by atoms with E-state index in [1.165, 1.54) is 19.3 Å². The Labute approximate surface area is 95.9 Å². The number of carboxylic acids is 1. The maximum Gasteiger partial charge on any atom is 0.328 e. The van der Waals surface area contributed by atoms with Crippen molar-refractivity contribution in [3.05, 3.63) is 12.4 Å². The summed E-state index contributed by atoms with van der Waals surface area (Å²) in [5.41, 5.74) is 0. The molecule has 0 aromatic carbocycles. The Morgan fingerprint density at radius 2 is 2.12 bits per heavy atom. The first kappa shape index (κ1) is 12.8. The van der Waals surface area contributed by atoms with E-state index in [2.05, 4.69) is 25.8 Å². The lowest BCUT2D eigenvalue weighted by atomic mass is 10.2. The second-order valence-electron chi connectivity index (χ2n) is 3.12. The van der Waals surface area contributed by atoms with Gasteiger partial charge >= 0.3 is 12.0 Å². The van der Waals surface area contributed by atoms with Crippen LogP contribution in [0.2, 0.25) is 0 Å². The fraction of sp³-hybridized carbons (Fsp3) is 0.375. The minimum Gasteiger partial charge on any atom is -0.480 e. The van der Waals surface area contributed by atoms with Gasteiger partial charge in [0.25, 0.3) is 5.95 Å². The van der Waals surface area contributed by atoms with Crippen molar-refractivity contribution in [2.24, 2.45) is 0 Å². The van der Waals surface area contributed by atoms with E-state index >= 15 is 0 Å². The van der Waals surface area contributed by atoms with Gasteiger partial charge in [-0.2, -0.15) is 5.10 Å². The summed E-state index contributed by atoms with van der Waals surface area (Å²) in [5.74, 6) is -1.41. The Morgan fingerprint density at radius 1 is 1.41 bits per heavy atom. The Balaban J connectivity index is 2.57. The number of carbonyl (C=O) groups is 2. The molecular formula is C8H11N5O4. The number of aromatic nitrogens is 3. The molecule has 92 valence electrons. The molecular weight excluding hydrogens is 230 g/mol. The first-order valence-corrected chi connectivity index (χ1v) is 4.63. The topological polar surface area (TPSA) is 137 Å². The molecule has 17 heavy (non-hydrogen) atoms. The van der Waals surface area contributed by atoms with Gasteiger partial charge in [-0.05, 0) is 6.92 Å². The van der Waals surface area contributed by atoms with E-state index in [1.54, 1.807) is 0 Å². The number of hydrogen-bond donors (Lipinski definition) is 4. The number of aliphatic hydroxyl groups excluding tert-OH is 1. The molecule has 1 heterocycles. The van der Waals surface area contributed by atoms with Gasteiger partial charge in [0, 0.05) is 0 Å². The predicted octanol–water partition coefficient (Wildman–Crippen LogP) is -1.17. The van der Waals surface area contributed by atoms with Crippen LogP contribution in [-0.2, 0) is 4.79 Å². The molecule has 1 rings (SSSR count). The maximum atomic E-state index is 11.3. The van der Waals surface area contributed by atoms with Crippen LogP contribution in [0.25, 0.3) is 0 Å². The number of hydrogen-bond acceptors (Lipinski definition) is 6. The van der Waals surface area contributed by atoms with Crippen molar-refractivity contribution < 1.29 is 19.8 Å². The monoisotopic (exact) mass is 241 g/mol. The van der Waals surface area contributed by atoms with Crippen LogP contribution in [0.5, 0.6) is 0 Å². The Bertz CT molecular complexity index is 396. The summed E-state index contributed by atoms with van der Waals surface area (Å²) in [4.78, 5) is 25.7. The zero-order valence-electron chi connectivity index (χ0n) is 8.86. The average Bonchev–Trinajstić information content (AvgIpc) is 2.26. The molecule has 2 amide bonds. The minimum absolute atomic E-state index is 0.0697. The SMILES string of the molecule is CC(O)C(NC(=O)Nc1nccnn1)C(=O)O. The molecule has 0 aliphatic heterocycles. The normalized spacial score (nSPS) is 13.5. The fourth-order valence-corrected chi connectivity index (χ4v) is 0.972. The highest BCUT2D eigenvalue weighted by Gasteiger charge is 2.25. The molecule has 0 fully saturated rings. The summed E-state index contributed by atoms with van der Waals surface area (Å²) in [6, 6.07) is -2.25. The molecule has 0 saturated heterocycles. The van der Waals surface area contributed by atoms with E-state index < -0.39 is 24.1 Å². The number of carboxylic acid groups (broad SMARTS) is 1. The van der Waals surface area contributed by atoms with Gasteiger partial charge in [0.1, 0.15) is 0 Å². The predicted molar refractivity (Wildman–Crippen MR) is 55.1 cm³/mol. The number of nitrogens with zero attached hydrogens (tertiary/aromatic N) is 3. The lowest BCUT2D eigenvalue weighted by Gasteiger charge is -2.16. The van der Waals surface area contributed by atoms with Gasteiger partial charge in [0.2, 0.25) is 0 Å². The third-order valence-corrected chi connectivity index (χ3v) is 1.74. The summed E-state index contributed by atoms with van der Waals surface area (Å²) in [6.45, 7) is 1.25. The van der Waals surface area contributed by atoms with Crippen molar-refractivity contribution >= 4 is 17.9 Å². The summed E-state index contributed by atoms with van der Waals surface area (Å²) in [7, 11) is 0. The standard InChI is InChI=1S/C8H11N5O4/c1-4(14)5(6(15)16)11-8(17)12-7-9-2-3-10-13-7/h2-5,14H,1H3,(H,15,16)(H2,9,11,12,13,17). The van der Waals surface area contributed by atoms with Crippen molar-refractivity contribution in [3.63, 3.8) is 0 Å². The number of nitrogens with one attached hydrogen (secondary N) is 2. The molecule has 0 aliphatic rings. The Morgan fingerprint density at radius 3 is 2.59 bits per heavy atom. The number of rotatable bonds is 4. The lowest BCUT2D eigenvalue weighted by molar-refractivity contribution is -0.141. The van der Waals surface area contributed by atoms with E-state index in [1.807, 2.05) is 0 Å². The van der Waals surface area contributed by atoms with E-state index in [0.717, 1.165) is 0 Å². The number of anilines is 1. The first-order valence-electron chi connectivity index (χ1n) is 4.63. The van der Waals surface area contributed by atoms with Crippen LogP contribution in [-0.4, -0.2) is 49.5 Å². The van der Waals surface area contributed by atoms with Crippen molar-refractivity contribution in [2.45, 2.75) is 19.1 Å². The van der Waals surface area contributed by atoms with Crippen LogP contribution in [0.3, 0.4) is 0 Å². The number of urea groups is 1. The van der Waals surface area contributed by atoms with Gasteiger partial charge in [-0.25, -0.2) is 14.6 Å². The zero-order valence-corrected chi connectivity index (χ0v) is 8.86. The van der Waals surface area contributed by atoms with E-state index in [9.17, 15) is 9.59 Å². The van der Waals surface area contributed by atoms with Crippen LogP contribution in [0.1, 0.15) is 6.92 Å². The zero-order chi connectivity index (χ0) is 12.8. The molecule has 0 bridgehead atoms. The van der Waals surface area contributed by atoms with Crippen molar-refractivity contribution in [3.8, 4) is 0 Å². The minimum atomic E-state index is -1.41. The first-order chi connectivity index (χ1) is 8.00. The number of aliphatic hydroxyl groups is 1. The number of carbonyl (C=O) groups excluding carboxylic acids is 1. The Kier molecular flexibility index (Phi) is 4.29. The second-order valence-corrected chi connectivity index (χ2v) is 3.12. The summed E-state index contributed by atoms with van der Waals surface area (Å²) in [5, 5.41) is 29.0. The van der Waals surface area contributed by atoms with E-state index in [-0.39, 0.29) is 5.95 Å². The molecule has 0 saturated carbocycles. The number of aliphatic carboxylic acids is 1. The highest BCUT2D eigenvalue weighted by Crippen LogP contribution is 1.96. The van der Waals surface area contributed by atoms with Gasteiger partial charge in [-0.15, -0.1) is 5.10 Å². The van der Waals surface area contributed by atoms with Crippen LogP contribution >= 0.6 is 0 Å². The van der Waals surface area contributed by atoms with Crippen LogP contribution in [0, 0.1) is 0 Å². The highest BCUT2D eigenvalue weighted by molar-refractivity contribution is 5.90. The third kappa shape index (κ3) is 3.99. The molecule has 1 aromatic heterocycles. The molecule has 2 unspecified atom stereocenters. The molecule has 0 spiro atoms. The molecule has 0 radical (unpaired) electrons. The molecule has 0 aliphatic carbocycles.